The van der Waals surface area contributed by atoms with Gasteiger partial charge in [-0.1, -0.05) is 6.07 Å². The van der Waals surface area contributed by atoms with Crippen molar-refractivity contribution in [3.05, 3.63) is 29.6 Å². The maximum absolute atomic E-state index is 13.0. The van der Waals surface area contributed by atoms with Gasteiger partial charge < -0.3 is 4.90 Å². The van der Waals surface area contributed by atoms with Gasteiger partial charge in [0.05, 0.1) is 5.56 Å². The summed E-state index contributed by atoms with van der Waals surface area (Å²) in [5.41, 5.74) is 0.715. The van der Waals surface area contributed by atoms with Crippen LogP contribution in [-0.4, -0.2) is 20.4 Å². The van der Waals surface area contributed by atoms with E-state index in [1.807, 2.05) is 0 Å². The van der Waals surface area contributed by atoms with Gasteiger partial charge in [-0.3, -0.25) is 4.79 Å². The van der Waals surface area contributed by atoms with Crippen LogP contribution in [0, 0.1) is 5.82 Å². The van der Waals surface area contributed by atoms with Gasteiger partial charge in [0.25, 0.3) is 0 Å². The number of rotatable bonds is 2. The van der Waals surface area contributed by atoms with E-state index in [1.165, 1.54) is 6.07 Å². The molecule has 0 aliphatic carbocycles. The van der Waals surface area contributed by atoms with Gasteiger partial charge in [0.2, 0.25) is 0 Å². The van der Waals surface area contributed by atoms with Crippen LogP contribution < -0.4 is 4.90 Å². The van der Waals surface area contributed by atoms with E-state index < -0.39 is 5.82 Å². The maximum atomic E-state index is 13.0. The normalized spacial score (nSPS) is 9.58. The Labute approximate surface area is 70.6 Å². The summed E-state index contributed by atoms with van der Waals surface area (Å²) in [6.45, 7) is 0. The fraction of sp³-hybridized carbons (Fsp3) is 0.222. The number of nitrogens with zero attached hydrogens (tertiary/aromatic N) is 1. The van der Waals surface area contributed by atoms with Crippen molar-refractivity contribution in [1.29, 1.82) is 0 Å². The van der Waals surface area contributed by atoms with Crippen molar-refractivity contribution in [3.63, 3.8) is 0 Å². The monoisotopic (exact) mass is 167 g/mol. The molecule has 3 heteroatoms. The lowest BCUT2D eigenvalue weighted by Gasteiger charge is -2.14. The van der Waals surface area contributed by atoms with Gasteiger partial charge in [-0.05, 0) is 12.1 Å². The number of anilines is 1. The first kappa shape index (κ1) is 8.71. The lowest BCUT2D eigenvalue weighted by atomic mass is 10.2. The molecule has 0 N–H and O–H groups in total. The molecule has 12 heavy (non-hydrogen) atoms. The number of aldehydes is 1. The Morgan fingerprint density at radius 3 is 2.50 bits per heavy atom. The SMILES string of the molecule is CN(C)c1cccc(F)c1C=O. The maximum Gasteiger partial charge on any atom is 0.155 e. The molecule has 0 unspecified atom stereocenters. The third-order valence-electron chi connectivity index (χ3n) is 1.63. The standard InChI is InChI=1S/C9H10FNO/c1-11(2)9-5-3-4-8(10)7(9)6-12/h3-6H,1-2H3. The lowest BCUT2D eigenvalue weighted by molar-refractivity contribution is 0.112. The van der Waals surface area contributed by atoms with E-state index in [0.29, 0.717) is 12.0 Å². The summed E-state index contributed by atoms with van der Waals surface area (Å²) in [7, 11) is 3.53. The number of halogens is 1. The number of hydrogen-bond donors (Lipinski definition) is 0. The van der Waals surface area contributed by atoms with E-state index >= 15 is 0 Å². The summed E-state index contributed by atoms with van der Waals surface area (Å²) < 4.78 is 13.0. The molecule has 0 heterocycles. The second-order valence-electron chi connectivity index (χ2n) is 2.68. The molecule has 1 rings (SSSR count). The van der Waals surface area contributed by atoms with Gasteiger partial charge in [-0.2, -0.15) is 0 Å². The minimum absolute atomic E-state index is 0.113. The highest BCUT2D eigenvalue weighted by atomic mass is 19.1. The Hall–Kier alpha value is -1.38. The van der Waals surface area contributed by atoms with Crippen LogP contribution in [0.4, 0.5) is 10.1 Å². The molecule has 0 saturated carbocycles. The predicted molar refractivity (Wildman–Crippen MR) is 46.1 cm³/mol. The molecule has 0 spiro atoms. The summed E-state index contributed by atoms with van der Waals surface area (Å²) >= 11 is 0. The Balaban J connectivity index is 3.27. The zero-order chi connectivity index (χ0) is 9.14. The predicted octanol–water partition coefficient (Wildman–Crippen LogP) is 1.70. The Kier molecular flexibility index (Phi) is 2.43. The van der Waals surface area contributed by atoms with Gasteiger partial charge in [0, 0.05) is 19.8 Å². The van der Waals surface area contributed by atoms with Crippen LogP contribution in [0.2, 0.25) is 0 Å². The molecule has 0 atom stereocenters. The quantitative estimate of drug-likeness (QED) is 0.625. The molecule has 0 bridgehead atoms. The van der Waals surface area contributed by atoms with E-state index in [2.05, 4.69) is 0 Å². The van der Waals surface area contributed by atoms with Crippen molar-refractivity contribution < 1.29 is 9.18 Å². The van der Waals surface area contributed by atoms with Gasteiger partial charge in [0.1, 0.15) is 5.82 Å². The average molecular weight is 167 g/mol. The van der Waals surface area contributed by atoms with Crippen LogP contribution in [0.25, 0.3) is 0 Å². The highest BCUT2D eigenvalue weighted by Gasteiger charge is 2.07. The molecule has 0 saturated heterocycles. The summed E-state index contributed by atoms with van der Waals surface area (Å²) in [5.74, 6) is -0.476. The van der Waals surface area contributed by atoms with Gasteiger partial charge in [-0.25, -0.2) is 4.39 Å². The Morgan fingerprint density at radius 1 is 1.42 bits per heavy atom. The summed E-state index contributed by atoms with van der Waals surface area (Å²) in [5, 5.41) is 0. The van der Waals surface area contributed by atoms with Gasteiger partial charge in [-0.15, -0.1) is 0 Å². The molecular formula is C9H10FNO. The fourth-order valence-electron chi connectivity index (χ4n) is 1.03. The third kappa shape index (κ3) is 1.44. The second-order valence-corrected chi connectivity index (χ2v) is 2.68. The van der Waals surface area contributed by atoms with Crippen LogP contribution >= 0.6 is 0 Å². The van der Waals surface area contributed by atoms with E-state index in [9.17, 15) is 9.18 Å². The summed E-state index contributed by atoms with van der Waals surface area (Å²) in [6.07, 6.45) is 0.532. The number of carbonyl (C=O) groups is 1. The molecule has 0 aliphatic rings. The van der Waals surface area contributed by atoms with Crippen molar-refractivity contribution in [3.8, 4) is 0 Å². The van der Waals surface area contributed by atoms with E-state index in [-0.39, 0.29) is 5.56 Å². The number of benzene rings is 1. The van der Waals surface area contributed by atoms with Crippen molar-refractivity contribution in [2.45, 2.75) is 0 Å². The molecular weight excluding hydrogens is 157 g/mol. The van der Waals surface area contributed by atoms with Crippen LogP contribution in [0.3, 0.4) is 0 Å². The highest BCUT2D eigenvalue weighted by Crippen LogP contribution is 2.18. The zero-order valence-corrected chi connectivity index (χ0v) is 7.04. The van der Waals surface area contributed by atoms with Crippen molar-refractivity contribution in [2.75, 3.05) is 19.0 Å². The third-order valence-corrected chi connectivity index (χ3v) is 1.63. The van der Waals surface area contributed by atoms with Crippen LogP contribution in [0.15, 0.2) is 18.2 Å². The first-order chi connectivity index (χ1) is 5.66. The molecule has 64 valence electrons. The number of carbonyl (C=O) groups excluding carboxylic acids is 1. The molecule has 1 aromatic rings. The van der Waals surface area contributed by atoms with Crippen molar-refractivity contribution >= 4 is 12.0 Å². The second kappa shape index (κ2) is 3.34. The van der Waals surface area contributed by atoms with Gasteiger partial charge >= 0.3 is 0 Å². The zero-order valence-electron chi connectivity index (χ0n) is 7.04. The molecule has 0 aromatic heterocycles. The fourth-order valence-corrected chi connectivity index (χ4v) is 1.03. The Bertz CT molecular complexity index is 297. The topological polar surface area (TPSA) is 20.3 Å². The molecule has 0 radical (unpaired) electrons. The minimum Gasteiger partial charge on any atom is -0.377 e. The average Bonchev–Trinajstić information content (AvgIpc) is 2.03. The summed E-state index contributed by atoms with van der Waals surface area (Å²) in [6, 6.07) is 4.56. The molecule has 1 aromatic carbocycles. The van der Waals surface area contributed by atoms with Crippen molar-refractivity contribution in [2.24, 2.45) is 0 Å². The van der Waals surface area contributed by atoms with E-state index in [4.69, 9.17) is 0 Å². The van der Waals surface area contributed by atoms with E-state index in [0.717, 1.165) is 0 Å². The van der Waals surface area contributed by atoms with Crippen LogP contribution in [-0.2, 0) is 0 Å². The number of hydrogen-bond acceptors (Lipinski definition) is 2. The summed E-state index contributed by atoms with van der Waals surface area (Å²) in [4.78, 5) is 12.2. The first-order valence-corrected chi connectivity index (χ1v) is 3.58. The molecule has 0 aliphatic heterocycles. The largest absolute Gasteiger partial charge is 0.377 e. The van der Waals surface area contributed by atoms with Crippen LogP contribution in [0.1, 0.15) is 10.4 Å². The minimum atomic E-state index is -0.476. The highest BCUT2D eigenvalue weighted by molar-refractivity contribution is 5.84. The molecule has 2 nitrogen and oxygen atoms in total. The van der Waals surface area contributed by atoms with Crippen LogP contribution in [0.5, 0.6) is 0 Å². The van der Waals surface area contributed by atoms with Gasteiger partial charge in [0.15, 0.2) is 6.29 Å². The van der Waals surface area contributed by atoms with E-state index in [1.54, 1.807) is 31.1 Å². The first-order valence-electron chi connectivity index (χ1n) is 3.58. The molecule has 0 fully saturated rings. The Morgan fingerprint density at radius 2 is 2.08 bits per heavy atom. The smallest absolute Gasteiger partial charge is 0.155 e. The molecule has 0 amide bonds. The lowest BCUT2D eigenvalue weighted by Crippen LogP contribution is -2.11. The van der Waals surface area contributed by atoms with Crippen molar-refractivity contribution in [1.82, 2.24) is 0 Å².